The zero-order valence-electron chi connectivity index (χ0n) is 20.9. The summed E-state index contributed by atoms with van der Waals surface area (Å²) in [5.41, 5.74) is 0. The second-order valence-electron chi connectivity index (χ2n) is 7.45. The molecule has 0 aromatic carbocycles. The zero-order chi connectivity index (χ0) is 22.0. The first-order chi connectivity index (χ1) is 14.0. The standard InChI is InChI=1S/C21H39NO2.C3H6O2.Na.H/c1-2-3-4-5-6-7-8-9-10-11-12-13-14-15-16-17-19-22-20-18-21(23)24;1-2-3(4)5;;/h17,19-20H,2-16,18H2,1H3,(H,23,24);2H2,1H3,(H,4,5);;/q;;+1;-1. The minimum absolute atomic E-state index is 0. The Hall–Kier alpha value is -0.650. The number of carbonyl (C=O) groups is 2. The summed E-state index contributed by atoms with van der Waals surface area (Å²) in [6.07, 6.45) is 25.8. The first-order valence-corrected chi connectivity index (χ1v) is 11.6. The molecule has 0 spiro atoms. The maximum Gasteiger partial charge on any atom is 1.00 e. The normalized spacial score (nSPS) is 10.6. The van der Waals surface area contributed by atoms with Gasteiger partial charge >= 0.3 is 41.5 Å². The number of unbranched alkanes of at least 4 members (excludes halogenated alkanes) is 14. The van der Waals surface area contributed by atoms with Crippen LogP contribution in [0, 0.1) is 0 Å². The molecule has 0 unspecified atom stereocenters. The van der Waals surface area contributed by atoms with Crippen LogP contribution in [0.25, 0.3) is 0 Å². The molecule has 2 N–H and O–H groups in total. The summed E-state index contributed by atoms with van der Waals surface area (Å²) in [4.78, 5) is 23.6. The van der Waals surface area contributed by atoms with Crippen LogP contribution in [-0.4, -0.2) is 28.4 Å². The molecule has 0 aromatic heterocycles. The maximum absolute atomic E-state index is 10.3. The summed E-state index contributed by atoms with van der Waals surface area (Å²) in [7, 11) is 0. The third-order valence-electron chi connectivity index (χ3n) is 4.59. The van der Waals surface area contributed by atoms with Gasteiger partial charge in [-0.05, 0) is 12.8 Å². The van der Waals surface area contributed by atoms with Crippen LogP contribution in [0.4, 0.5) is 0 Å². The van der Waals surface area contributed by atoms with E-state index < -0.39 is 11.9 Å². The minimum Gasteiger partial charge on any atom is -1.00 e. The number of carboxylic acids is 2. The van der Waals surface area contributed by atoms with E-state index in [1.165, 1.54) is 96.1 Å². The van der Waals surface area contributed by atoms with Gasteiger partial charge in [-0.15, -0.1) is 0 Å². The van der Waals surface area contributed by atoms with Gasteiger partial charge in [0.1, 0.15) is 0 Å². The first kappa shape index (κ1) is 34.0. The van der Waals surface area contributed by atoms with Gasteiger partial charge in [-0.1, -0.05) is 103 Å². The summed E-state index contributed by atoms with van der Waals surface area (Å²) in [6, 6.07) is 0. The number of nitrogens with zero attached hydrogens (tertiary/aromatic N) is 1. The second kappa shape index (κ2) is 30.5. The number of rotatable bonds is 19. The van der Waals surface area contributed by atoms with Crippen molar-refractivity contribution in [2.45, 2.75) is 123 Å². The van der Waals surface area contributed by atoms with Crippen LogP contribution in [0.3, 0.4) is 0 Å². The van der Waals surface area contributed by atoms with Crippen molar-refractivity contribution in [3.63, 3.8) is 0 Å². The van der Waals surface area contributed by atoms with Gasteiger partial charge < -0.3 is 11.6 Å². The quantitative estimate of drug-likeness (QED) is 0.177. The molecule has 0 amide bonds. The van der Waals surface area contributed by atoms with Crippen molar-refractivity contribution in [1.82, 2.24) is 0 Å². The maximum atomic E-state index is 10.3. The summed E-state index contributed by atoms with van der Waals surface area (Å²) in [5.74, 6) is -1.58. The largest absolute Gasteiger partial charge is 1.00 e. The van der Waals surface area contributed by atoms with Crippen molar-refractivity contribution < 1.29 is 50.8 Å². The van der Waals surface area contributed by atoms with E-state index in [2.05, 4.69) is 11.9 Å². The van der Waals surface area contributed by atoms with E-state index in [0.717, 1.165) is 6.42 Å². The predicted molar refractivity (Wildman–Crippen MR) is 124 cm³/mol. The molecule has 0 aliphatic heterocycles. The molecular weight excluding hydrogens is 389 g/mol. The van der Waals surface area contributed by atoms with Crippen molar-refractivity contribution in [2.24, 2.45) is 4.99 Å². The minimum atomic E-state index is -0.834. The zero-order valence-corrected chi connectivity index (χ0v) is 21.9. The van der Waals surface area contributed by atoms with Gasteiger partial charge in [-0.25, -0.2) is 0 Å². The van der Waals surface area contributed by atoms with Crippen LogP contribution in [0.2, 0.25) is 0 Å². The van der Waals surface area contributed by atoms with E-state index in [1.807, 2.05) is 6.08 Å². The molecule has 0 aromatic rings. The Bertz CT molecular complexity index is 432. The van der Waals surface area contributed by atoms with E-state index >= 15 is 0 Å². The Balaban J connectivity index is -0.000000464. The molecule has 5 nitrogen and oxygen atoms in total. The number of aliphatic carboxylic acids is 2. The Labute approximate surface area is 208 Å². The molecule has 6 heteroatoms. The fraction of sp³-hybridized carbons (Fsp3) is 0.792. The summed E-state index contributed by atoms with van der Waals surface area (Å²) in [5, 5.41) is 16.2. The molecule has 0 atom stereocenters. The molecule has 0 saturated heterocycles. The van der Waals surface area contributed by atoms with E-state index in [4.69, 9.17) is 10.2 Å². The van der Waals surface area contributed by atoms with Crippen LogP contribution in [-0.2, 0) is 9.59 Å². The molecule has 0 bridgehead atoms. The molecule has 0 rings (SSSR count). The van der Waals surface area contributed by atoms with E-state index in [-0.39, 0.29) is 43.8 Å². The molecule has 0 heterocycles. The summed E-state index contributed by atoms with van der Waals surface area (Å²) < 4.78 is 0. The summed E-state index contributed by atoms with van der Waals surface area (Å²) >= 11 is 0. The Morgan fingerprint density at radius 3 is 1.50 bits per heavy atom. The molecule has 172 valence electrons. The number of hydrogen-bond acceptors (Lipinski definition) is 3. The number of aliphatic imine (C=N–C) groups is 1. The van der Waals surface area contributed by atoms with Crippen LogP contribution in [0.15, 0.2) is 17.3 Å². The van der Waals surface area contributed by atoms with E-state index in [1.54, 1.807) is 13.1 Å². The molecule has 0 saturated carbocycles. The van der Waals surface area contributed by atoms with Crippen molar-refractivity contribution in [2.75, 3.05) is 0 Å². The molecule has 0 radical (unpaired) electrons. The Morgan fingerprint density at radius 2 is 1.13 bits per heavy atom. The Morgan fingerprint density at radius 1 is 0.733 bits per heavy atom. The van der Waals surface area contributed by atoms with Gasteiger partial charge in [0.2, 0.25) is 0 Å². The monoisotopic (exact) mass is 435 g/mol. The van der Waals surface area contributed by atoms with Gasteiger partial charge in [-0.2, -0.15) is 0 Å². The van der Waals surface area contributed by atoms with Crippen molar-refractivity contribution >= 4 is 18.2 Å². The summed E-state index contributed by atoms with van der Waals surface area (Å²) in [6.45, 7) is 3.87. The third kappa shape index (κ3) is 38.0. The van der Waals surface area contributed by atoms with Gasteiger partial charge in [0.15, 0.2) is 0 Å². The molecule has 0 aliphatic rings. The van der Waals surface area contributed by atoms with Gasteiger partial charge in [-0.3, -0.25) is 14.6 Å². The van der Waals surface area contributed by atoms with Crippen LogP contribution in [0.1, 0.15) is 124 Å². The number of carboxylic acid groups (broad SMARTS) is 2. The first-order valence-electron chi connectivity index (χ1n) is 11.6. The topological polar surface area (TPSA) is 87.0 Å². The fourth-order valence-corrected chi connectivity index (χ4v) is 2.78. The predicted octanol–water partition coefficient (Wildman–Crippen LogP) is 4.51. The van der Waals surface area contributed by atoms with Crippen LogP contribution >= 0.6 is 0 Å². The van der Waals surface area contributed by atoms with Crippen molar-refractivity contribution in [3.05, 3.63) is 12.3 Å². The van der Waals surface area contributed by atoms with Crippen molar-refractivity contribution in [1.29, 1.82) is 0 Å². The number of allylic oxidation sites excluding steroid dienone is 1. The second-order valence-corrected chi connectivity index (χ2v) is 7.45. The van der Waals surface area contributed by atoms with E-state index in [0.29, 0.717) is 0 Å². The Kier molecular flexibility index (Phi) is 34.6. The van der Waals surface area contributed by atoms with Crippen LogP contribution in [0.5, 0.6) is 0 Å². The average Bonchev–Trinajstić information content (AvgIpc) is 2.70. The smallest absolute Gasteiger partial charge is 1.00 e. The van der Waals surface area contributed by atoms with Gasteiger partial charge in [0.25, 0.3) is 0 Å². The average molecular weight is 436 g/mol. The molecular formula is C24H46NNaO4. The SMILES string of the molecule is CCC(=O)O.CCCCCCCCCCCCCCCCC=CN=CCC(=O)O.[H-].[Na+]. The molecule has 0 aliphatic carbocycles. The van der Waals surface area contributed by atoms with Crippen molar-refractivity contribution in [3.8, 4) is 0 Å². The molecule has 0 fully saturated rings. The van der Waals surface area contributed by atoms with Gasteiger partial charge in [0.05, 0.1) is 6.42 Å². The van der Waals surface area contributed by atoms with Gasteiger partial charge in [0, 0.05) is 18.8 Å². The molecule has 30 heavy (non-hydrogen) atoms. The third-order valence-corrected chi connectivity index (χ3v) is 4.59. The number of hydrogen-bond donors (Lipinski definition) is 2. The fourth-order valence-electron chi connectivity index (χ4n) is 2.78. The van der Waals surface area contributed by atoms with Crippen LogP contribution < -0.4 is 29.6 Å². The van der Waals surface area contributed by atoms with E-state index in [9.17, 15) is 9.59 Å².